The predicted octanol–water partition coefficient (Wildman–Crippen LogP) is 2.57. The molecule has 1 aromatic heterocycles. The molecule has 1 saturated heterocycles. The highest BCUT2D eigenvalue weighted by atomic mass is 32.1. The molecular formula is C24H29N5O3S. The van der Waals surface area contributed by atoms with Gasteiger partial charge >= 0.3 is 0 Å². The maximum Gasteiger partial charge on any atom is 0.240 e. The van der Waals surface area contributed by atoms with Gasteiger partial charge in [0.15, 0.2) is 5.13 Å². The summed E-state index contributed by atoms with van der Waals surface area (Å²) in [6, 6.07) is 15.6. The van der Waals surface area contributed by atoms with Gasteiger partial charge in [-0.3, -0.25) is 19.4 Å². The van der Waals surface area contributed by atoms with Crippen LogP contribution < -0.4 is 15.4 Å². The SMILES string of the molecule is CCOc1ccc2nc(NC(=O)CN3CCN(CC(=O)NCc4ccccc4)CC3)sc2c1. The number of rotatable bonds is 9. The summed E-state index contributed by atoms with van der Waals surface area (Å²) in [5, 5.41) is 6.48. The highest BCUT2D eigenvalue weighted by molar-refractivity contribution is 7.22. The maximum atomic E-state index is 12.5. The van der Waals surface area contributed by atoms with E-state index in [0.717, 1.165) is 47.7 Å². The first-order valence-corrected chi connectivity index (χ1v) is 12.0. The summed E-state index contributed by atoms with van der Waals surface area (Å²) in [6.45, 7) is 6.80. The van der Waals surface area contributed by atoms with E-state index in [0.29, 0.717) is 31.4 Å². The van der Waals surface area contributed by atoms with Crippen molar-refractivity contribution < 1.29 is 14.3 Å². The molecule has 2 aromatic carbocycles. The second-order valence-corrected chi connectivity index (χ2v) is 8.98. The summed E-state index contributed by atoms with van der Waals surface area (Å²) < 4.78 is 6.51. The zero-order valence-electron chi connectivity index (χ0n) is 18.8. The van der Waals surface area contributed by atoms with Gasteiger partial charge in [-0.2, -0.15) is 0 Å². The molecule has 0 radical (unpaired) electrons. The Morgan fingerprint density at radius 3 is 2.39 bits per heavy atom. The number of piperazine rings is 1. The van der Waals surface area contributed by atoms with Gasteiger partial charge in [0.2, 0.25) is 11.8 Å². The van der Waals surface area contributed by atoms with Gasteiger partial charge in [-0.05, 0) is 30.7 Å². The zero-order chi connectivity index (χ0) is 23.0. The number of fused-ring (bicyclic) bond motifs is 1. The summed E-state index contributed by atoms with van der Waals surface area (Å²) in [6.07, 6.45) is 0. The Labute approximate surface area is 197 Å². The smallest absolute Gasteiger partial charge is 0.240 e. The number of hydrogen-bond donors (Lipinski definition) is 2. The van der Waals surface area contributed by atoms with E-state index in [1.54, 1.807) is 0 Å². The van der Waals surface area contributed by atoms with E-state index in [9.17, 15) is 9.59 Å². The van der Waals surface area contributed by atoms with E-state index < -0.39 is 0 Å². The van der Waals surface area contributed by atoms with Crippen molar-refractivity contribution in [2.24, 2.45) is 0 Å². The molecule has 9 heteroatoms. The number of carbonyl (C=O) groups excluding carboxylic acids is 2. The van der Waals surface area contributed by atoms with Crippen LogP contribution in [0, 0.1) is 0 Å². The minimum atomic E-state index is -0.0758. The van der Waals surface area contributed by atoms with Crippen molar-refractivity contribution in [1.82, 2.24) is 20.1 Å². The Bertz CT molecular complexity index is 1080. The van der Waals surface area contributed by atoms with E-state index in [4.69, 9.17) is 4.74 Å². The van der Waals surface area contributed by atoms with Gasteiger partial charge in [0, 0.05) is 32.7 Å². The second-order valence-electron chi connectivity index (χ2n) is 7.94. The Kier molecular flexibility index (Phi) is 7.87. The highest BCUT2D eigenvalue weighted by Gasteiger charge is 2.21. The third-order valence-corrected chi connectivity index (χ3v) is 6.38. The molecule has 3 aromatic rings. The number of hydrogen-bond acceptors (Lipinski definition) is 7. The van der Waals surface area contributed by atoms with Crippen LogP contribution in [-0.2, 0) is 16.1 Å². The fraction of sp³-hybridized carbons (Fsp3) is 0.375. The molecule has 8 nitrogen and oxygen atoms in total. The van der Waals surface area contributed by atoms with Crippen LogP contribution in [0.4, 0.5) is 5.13 Å². The minimum absolute atomic E-state index is 0.0216. The fourth-order valence-electron chi connectivity index (χ4n) is 3.74. The number of amides is 2. The molecule has 0 bridgehead atoms. The van der Waals surface area contributed by atoms with Crippen LogP contribution in [0.3, 0.4) is 0 Å². The van der Waals surface area contributed by atoms with Crippen molar-refractivity contribution in [2.45, 2.75) is 13.5 Å². The predicted molar refractivity (Wildman–Crippen MR) is 131 cm³/mol. The summed E-state index contributed by atoms with van der Waals surface area (Å²) in [5.41, 5.74) is 1.93. The Balaban J connectivity index is 1.18. The van der Waals surface area contributed by atoms with Crippen molar-refractivity contribution in [2.75, 3.05) is 51.2 Å². The first-order chi connectivity index (χ1) is 16.1. The molecule has 1 aliphatic rings. The lowest BCUT2D eigenvalue weighted by Gasteiger charge is -2.33. The number of anilines is 1. The standard InChI is InChI=1S/C24H29N5O3S/c1-2-32-19-8-9-20-21(14-19)33-24(26-20)27-23(31)17-29-12-10-28(11-13-29)16-22(30)25-15-18-6-4-3-5-7-18/h3-9,14H,2,10-13,15-17H2,1H3,(H,25,30)(H,26,27,31). The monoisotopic (exact) mass is 467 g/mol. The zero-order valence-corrected chi connectivity index (χ0v) is 19.6. The average Bonchev–Trinajstić information content (AvgIpc) is 3.21. The summed E-state index contributed by atoms with van der Waals surface area (Å²) in [5.74, 6) is 0.750. The topological polar surface area (TPSA) is 86.8 Å². The Hall–Kier alpha value is -3.01. The van der Waals surface area contributed by atoms with Gasteiger partial charge < -0.3 is 15.4 Å². The van der Waals surface area contributed by atoms with Crippen LogP contribution in [0.1, 0.15) is 12.5 Å². The summed E-state index contributed by atoms with van der Waals surface area (Å²) in [4.78, 5) is 33.5. The Morgan fingerprint density at radius 2 is 1.70 bits per heavy atom. The number of thiazole rings is 1. The van der Waals surface area contributed by atoms with E-state index >= 15 is 0 Å². The molecule has 0 spiro atoms. The molecule has 4 rings (SSSR count). The molecule has 2 amide bonds. The molecular weight excluding hydrogens is 438 g/mol. The lowest BCUT2D eigenvalue weighted by atomic mass is 10.2. The van der Waals surface area contributed by atoms with Crippen LogP contribution in [0.5, 0.6) is 5.75 Å². The fourth-order valence-corrected chi connectivity index (χ4v) is 4.65. The van der Waals surface area contributed by atoms with Crippen LogP contribution >= 0.6 is 11.3 Å². The maximum absolute atomic E-state index is 12.5. The number of carbonyl (C=O) groups is 2. The van der Waals surface area contributed by atoms with Crippen LogP contribution in [0.15, 0.2) is 48.5 Å². The van der Waals surface area contributed by atoms with Crippen LogP contribution in [-0.4, -0.2) is 72.5 Å². The van der Waals surface area contributed by atoms with E-state index in [2.05, 4.69) is 25.4 Å². The molecule has 0 aliphatic carbocycles. The quantitative estimate of drug-likeness (QED) is 0.503. The second kappa shape index (κ2) is 11.2. The average molecular weight is 468 g/mol. The third kappa shape index (κ3) is 6.74. The van der Waals surface area contributed by atoms with Gasteiger partial charge in [-0.15, -0.1) is 0 Å². The molecule has 0 saturated carbocycles. The molecule has 2 heterocycles. The number of aromatic nitrogens is 1. The molecule has 0 atom stereocenters. The van der Waals surface area contributed by atoms with Crippen molar-refractivity contribution in [3.05, 3.63) is 54.1 Å². The van der Waals surface area contributed by atoms with Crippen LogP contribution in [0.2, 0.25) is 0 Å². The van der Waals surface area contributed by atoms with Crippen LogP contribution in [0.25, 0.3) is 10.2 Å². The summed E-state index contributed by atoms with van der Waals surface area (Å²) >= 11 is 1.44. The van der Waals surface area contributed by atoms with Gasteiger partial charge in [-0.25, -0.2) is 4.98 Å². The largest absolute Gasteiger partial charge is 0.494 e. The normalized spacial score (nSPS) is 14.8. The molecule has 1 fully saturated rings. The third-order valence-electron chi connectivity index (χ3n) is 5.45. The first-order valence-electron chi connectivity index (χ1n) is 11.2. The first kappa shape index (κ1) is 23.2. The number of nitrogens with one attached hydrogen (secondary N) is 2. The van der Waals surface area contributed by atoms with Gasteiger partial charge in [0.25, 0.3) is 0 Å². The van der Waals surface area contributed by atoms with Crippen molar-refractivity contribution in [3.63, 3.8) is 0 Å². The highest BCUT2D eigenvalue weighted by Crippen LogP contribution is 2.29. The molecule has 174 valence electrons. The molecule has 1 aliphatic heterocycles. The molecule has 2 N–H and O–H groups in total. The minimum Gasteiger partial charge on any atom is -0.494 e. The van der Waals surface area contributed by atoms with Gasteiger partial charge in [-0.1, -0.05) is 41.7 Å². The van der Waals surface area contributed by atoms with E-state index in [-0.39, 0.29) is 11.8 Å². The van der Waals surface area contributed by atoms with Crippen molar-refractivity contribution in [3.8, 4) is 5.75 Å². The summed E-state index contributed by atoms with van der Waals surface area (Å²) in [7, 11) is 0. The number of nitrogens with zero attached hydrogens (tertiary/aromatic N) is 3. The van der Waals surface area contributed by atoms with Gasteiger partial charge in [0.1, 0.15) is 5.75 Å². The number of benzene rings is 2. The van der Waals surface area contributed by atoms with Crippen molar-refractivity contribution >= 4 is 38.5 Å². The number of ether oxygens (including phenoxy) is 1. The lowest BCUT2D eigenvalue weighted by Crippen LogP contribution is -2.50. The molecule has 33 heavy (non-hydrogen) atoms. The molecule has 0 unspecified atom stereocenters. The lowest BCUT2D eigenvalue weighted by molar-refractivity contribution is -0.123. The van der Waals surface area contributed by atoms with E-state index in [1.165, 1.54) is 11.3 Å². The van der Waals surface area contributed by atoms with Gasteiger partial charge in [0.05, 0.1) is 29.9 Å². The van der Waals surface area contributed by atoms with Crippen molar-refractivity contribution in [1.29, 1.82) is 0 Å². The van der Waals surface area contributed by atoms with E-state index in [1.807, 2.05) is 55.5 Å². The Morgan fingerprint density at radius 1 is 1.00 bits per heavy atom.